The van der Waals surface area contributed by atoms with Crippen LogP contribution in [0.3, 0.4) is 0 Å². The number of aryl methyl sites for hydroxylation is 2. The summed E-state index contributed by atoms with van der Waals surface area (Å²) >= 11 is 6.40. The zero-order chi connectivity index (χ0) is 31.0. The zero-order valence-corrected chi connectivity index (χ0v) is 25.2. The van der Waals surface area contributed by atoms with Gasteiger partial charge in [0.05, 0.1) is 17.3 Å². The Bertz CT molecular complexity index is 1370. The summed E-state index contributed by atoms with van der Waals surface area (Å²) in [7, 11) is 0. The molecule has 3 aromatic carbocycles. The molecule has 3 rings (SSSR count). The molecule has 0 bridgehead atoms. The van der Waals surface area contributed by atoms with Gasteiger partial charge in [-0.2, -0.15) is 0 Å². The first-order valence-electron chi connectivity index (χ1n) is 13.6. The molecule has 2 atom stereocenters. The molecule has 0 fully saturated rings. The van der Waals surface area contributed by atoms with Crippen molar-refractivity contribution in [3.8, 4) is 5.75 Å². The number of nitrogens with zero attached hydrogens (tertiary/aromatic N) is 1. The molecule has 3 aromatic rings. The molecule has 0 saturated carbocycles. The van der Waals surface area contributed by atoms with Gasteiger partial charge >= 0.3 is 6.09 Å². The number of halogens is 1. The maximum Gasteiger partial charge on any atom is 0.408 e. The lowest BCUT2D eigenvalue weighted by Gasteiger charge is -2.34. The van der Waals surface area contributed by atoms with Crippen molar-refractivity contribution in [2.45, 2.75) is 58.7 Å². The smallest absolute Gasteiger partial charge is 0.408 e. The van der Waals surface area contributed by atoms with Crippen LogP contribution in [0.4, 0.5) is 10.5 Å². The van der Waals surface area contributed by atoms with Gasteiger partial charge in [0.2, 0.25) is 5.91 Å². The number of aliphatic hydroxyl groups is 1. The molecule has 2 unspecified atom stereocenters. The minimum absolute atomic E-state index is 0.0339. The molecule has 4 N–H and O–H groups in total. The Morgan fingerprint density at radius 1 is 0.976 bits per heavy atom. The minimum atomic E-state index is -1.18. The molecule has 0 saturated heterocycles. The van der Waals surface area contributed by atoms with Gasteiger partial charge < -0.3 is 30.5 Å². The van der Waals surface area contributed by atoms with Gasteiger partial charge in [-0.3, -0.25) is 9.59 Å². The van der Waals surface area contributed by atoms with Crippen molar-refractivity contribution in [3.05, 3.63) is 94.0 Å². The molecular formula is C32H38ClN3O6. The van der Waals surface area contributed by atoms with Gasteiger partial charge in [0, 0.05) is 13.0 Å². The number of hydrogen-bond acceptors (Lipinski definition) is 6. The summed E-state index contributed by atoms with van der Waals surface area (Å²) in [6.07, 6.45) is -0.779. The lowest BCUT2D eigenvalue weighted by Crippen LogP contribution is -2.53. The van der Waals surface area contributed by atoms with Gasteiger partial charge in [0.25, 0.3) is 5.91 Å². The van der Waals surface area contributed by atoms with E-state index in [2.05, 4.69) is 10.6 Å². The van der Waals surface area contributed by atoms with Crippen LogP contribution in [0.5, 0.6) is 5.75 Å². The first kappa shape index (κ1) is 32.4. The quantitative estimate of drug-likeness (QED) is 0.252. The fraction of sp³-hybridized carbons (Fsp3) is 0.344. The maximum absolute atomic E-state index is 14.3. The van der Waals surface area contributed by atoms with Gasteiger partial charge in [0.1, 0.15) is 23.4 Å². The summed E-state index contributed by atoms with van der Waals surface area (Å²) in [6.45, 7) is 8.18. The van der Waals surface area contributed by atoms with Gasteiger partial charge in [0.15, 0.2) is 0 Å². The highest BCUT2D eigenvalue weighted by Gasteiger charge is 2.36. The number of anilines is 1. The first-order valence-corrected chi connectivity index (χ1v) is 14.0. The van der Waals surface area contributed by atoms with Crippen LogP contribution in [0.1, 0.15) is 49.1 Å². The van der Waals surface area contributed by atoms with E-state index in [4.69, 9.17) is 16.3 Å². The standard InChI is InChI=1S/C32H38ClN3O6/c1-20-9-13-23(14-10-20)28(29(39)35-27-21(2)7-6-8-25(27)33)36(17-18-37)30(40)26(34-31(41)42-32(3,4)5)19-22-11-15-24(38)16-12-22/h6-16,26,28,37-38H,17-19H2,1-5H3,(H,34,41)(H,35,39). The second-order valence-corrected chi connectivity index (χ2v) is 11.5. The number of aromatic hydroxyl groups is 1. The number of aliphatic hydroxyl groups excluding tert-OH is 1. The Morgan fingerprint density at radius 2 is 1.62 bits per heavy atom. The molecule has 0 aliphatic carbocycles. The van der Waals surface area contributed by atoms with Crippen LogP contribution in [0, 0.1) is 13.8 Å². The minimum Gasteiger partial charge on any atom is -0.508 e. The summed E-state index contributed by atoms with van der Waals surface area (Å²) in [5.74, 6) is -1.10. The molecule has 0 aromatic heterocycles. The van der Waals surface area contributed by atoms with E-state index in [9.17, 15) is 24.6 Å². The molecule has 0 aliphatic rings. The average Bonchev–Trinajstić information content (AvgIpc) is 2.91. The molecule has 10 heteroatoms. The van der Waals surface area contributed by atoms with Crippen molar-refractivity contribution in [1.82, 2.24) is 10.2 Å². The summed E-state index contributed by atoms with van der Waals surface area (Å²) in [5.41, 5.74) is 2.43. The van der Waals surface area contributed by atoms with Gasteiger partial charge in [-0.05, 0) is 69.5 Å². The number of carbonyl (C=O) groups is 3. The maximum atomic E-state index is 14.3. The molecule has 42 heavy (non-hydrogen) atoms. The summed E-state index contributed by atoms with van der Waals surface area (Å²) < 4.78 is 5.42. The van der Waals surface area contributed by atoms with Gasteiger partial charge in [-0.25, -0.2) is 4.79 Å². The van der Waals surface area contributed by atoms with E-state index >= 15 is 0 Å². The predicted octanol–water partition coefficient (Wildman–Crippen LogP) is 5.30. The third kappa shape index (κ3) is 8.96. The molecule has 0 spiro atoms. The highest BCUT2D eigenvalue weighted by Crippen LogP contribution is 2.30. The Labute approximate surface area is 251 Å². The molecule has 0 radical (unpaired) electrons. The number of amides is 3. The van der Waals surface area contributed by atoms with Crippen LogP contribution in [-0.4, -0.2) is 57.8 Å². The third-order valence-corrected chi connectivity index (χ3v) is 6.73. The summed E-state index contributed by atoms with van der Waals surface area (Å²) in [5, 5.41) is 25.6. The van der Waals surface area contributed by atoms with Crippen molar-refractivity contribution < 1.29 is 29.3 Å². The second kappa shape index (κ2) is 14.2. The van der Waals surface area contributed by atoms with Crippen LogP contribution < -0.4 is 10.6 Å². The van der Waals surface area contributed by atoms with Crippen LogP contribution in [0.2, 0.25) is 5.02 Å². The second-order valence-electron chi connectivity index (χ2n) is 11.1. The zero-order valence-electron chi connectivity index (χ0n) is 24.5. The first-order chi connectivity index (χ1) is 19.8. The van der Waals surface area contributed by atoms with Crippen molar-refractivity contribution in [3.63, 3.8) is 0 Å². The highest BCUT2D eigenvalue weighted by molar-refractivity contribution is 6.34. The Balaban J connectivity index is 2.06. The fourth-order valence-corrected chi connectivity index (χ4v) is 4.66. The van der Waals surface area contributed by atoms with Crippen LogP contribution in [-0.2, 0) is 20.7 Å². The number of para-hydroxylation sites is 1. The largest absolute Gasteiger partial charge is 0.508 e. The monoisotopic (exact) mass is 595 g/mol. The number of phenolic OH excluding ortho intramolecular Hbond substituents is 1. The molecule has 224 valence electrons. The van der Waals surface area contributed by atoms with Crippen molar-refractivity contribution in [2.24, 2.45) is 0 Å². The van der Waals surface area contributed by atoms with E-state index < -0.39 is 42.2 Å². The van der Waals surface area contributed by atoms with Crippen LogP contribution in [0.15, 0.2) is 66.7 Å². The Hall–Kier alpha value is -4.08. The number of benzene rings is 3. The van der Waals surface area contributed by atoms with E-state index in [-0.39, 0.29) is 18.7 Å². The van der Waals surface area contributed by atoms with Crippen molar-refractivity contribution in [1.29, 1.82) is 0 Å². The van der Waals surface area contributed by atoms with Crippen LogP contribution >= 0.6 is 11.6 Å². The lowest BCUT2D eigenvalue weighted by atomic mass is 9.99. The SMILES string of the molecule is Cc1ccc(C(C(=O)Nc2c(C)cccc2Cl)N(CCO)C(=O)C(Cc2ccc(O)cc2)NC(=O)OC(C)(C)C)cc1. The summed E-state index contributed by atoms with van der Waals surface area (Å²) in [4.78, 5) is 42.3. The molecule has 0 heterocycles. The molecule has 9 nitrogen and oxygen atoms in total. The topological polar surface area (TPSA) is 128 Å². The van der Waals surface area contributed by atoms with Crippen molar-refractivity contribution >= 4 is 35.2 Å². The molecule has 0 aliphatic heterocycles. The fourth-order valence-electron chi connectivity index (χ4n) is 4.40. The number of rotatable bonds is 10. The average molecular weight is 596 g/mol. The highest BCUT2D eigenvalue weighted by atomic mass is 35.5. The predicted molar refractivity (Wildman–Crippen MR) is 163 cm³/mol. The lowest BCUT2D eigenvalue weighted by molar-refractivity contribution is -0.141. The molecule has 3 amide bonds. The number of alkyl carbamates (subject to hydrolysis) is 1. The summed E-state index contributed by atoms with van der Waals surface area (Å²) in [6, 6.07) is 16.2. The van der Waals surface area contributed by atoms with Gasteiger partial charge in [-0.15, -0.1) is 0 Å². The van der Waals surface area contributed by atoms with E-state index in [1.54, 1.807) is 70.2 Å². The number of phenols is 1. The number of hydrogen-bond donors (Lipinski definition) is 4. The van der Waals surface area contributed by atoms with Gasteiger partial charge in [-0.1, -0.05) is 65.7 Å². The Morgan fingerprint density at radius 3 is 2.19 bits per heavy atom. The van der Waals surface area contributed by atoms with E-state index in [0.717, 1.165) is 11.1 Å². The van der Waals surface area contributed by atoms with E-state index in [1.165, 1.54) is 17.0 Å². The van der Waals surface area contributed by atoms with E-state index in [0.29, 0.717) is 21.8 Å². The third-order valence-electron chi connectivity index (χ3n) is 6.41. The normalized spacial score (nSPS) is 12.6. The molecular weight excluding hydrogens is 558 g/mol. The van der Waals surface area contributed by atoms with E-state index in [1.807, 2.05) is 19.1 Å². The Kier molecular flexibility index (Phi) is 11.0. The van der Waals surface area contributed by atoms with Crippen LogP contribution in [0.25, 0.3) is 0 Å². The number of carbonyl (C=O) groups excluding carboxylic acids is 3. The van der Waals surface area contributed by atoms with Crippen molar-refractivity contribution in [2.75, 3.05) is 18.5 Å². The number of nitrogens with one attached hydrogen (secondary N) is 2. The number of ether oxygens (including phenoxy) is 1.